The number of hydrogen-bond acceptors (Lipinski definition) is 5. The van der Waals surface area contributed by atoms with Gasteiger partial charge in [-0.3, -0.25) is 9.69 Å². The molecular weight excluding hydrogens is 317 g/mol. The van der Waals surface area contributed by atoms with Crippen LogP contribution in [0.5, 0.6) is 0 Å². The summed E-state index contributed by atoms with van der Waals surface area (Å²) in [5.74, 6) is 0.680. The predicted molar refractivity (Wildman–Crippen MR) is 84.2 cm³/mol. The molecule has 0 bridgehead atoms. The average molecular weight is 342 g/mol. The molecule has 3 saturated heterocycles. The normalized spacial score (nSPS) is 32.2. The van der Waals surface area contributed by atoms with Crippen LogP contribution in [0.15, 0.2) is 0 Å². The molecule has 0 aromatic heterocycles. The Morgan fingerprint density at radius 3 is 2.67 bits per heavy atom. The van der Waals surface area contributed by atoms with Gasteiger partial charge in [-0.2, -0.15) is 0 Å². The molecule has 6 nitrogen and oxygen atoms in total. The van der Waals surface area contributed by atoms with E-state index in [-0.39, 0.29) is 42.7 Å². The zero-order chi connectivity index (χ0) is 13.3. The number of halogens is 2. The number of aliphatic hydroxyl groups excluding tert-OH is 1. The number of aliphatic hydroxyl groups is 1. The van der Waals surface area contributed by atoms with E-state index in [1.165, 1.54) is 0 Å². The Morgan fingerprint density at radius 2 is 2.05 bits per heavy atom. The first-order valence-electron chi connectivity index (χ1n) is 7.13. The van der Waals surface area contributed by atoms with Crippen molar-refractivity contribution in [3.63, 3.8) is 0 Å². The highest BCUT2D eigenvalue weighted by atomic mass is 35.5. The van der Waals surface area contributed by atoms with E-state index in [1.807, 2.05) is 4.90 Å². The largest absolute Gasteiger partial charge is 0.396 e. The summed E-state index contributed by atoms with van der Waals surface area (Å²) in [4.78, 5) is 16.3. The summed E-state index contributed by atoms with van der Waals surface area (Å²) in [6, 6.07) is 0. The lowest BCUT2D eigenvalue weighted by atomic mass is 9.82. The summed E-state index contributed by atoms with van der Waals surface area (Å²) in [6.07, 6.45) is 0. The molecule has 0 radical (unpaired) electrons. The third-order valence-electron chi connectivity index (χ3n) is 4.79. The van der Waals surface area contributed by atoms with Gasteiger partial charge in [0.1, 0.15) is 0 Å². The van der Waals surface area contributed by atoms with E-state index >= 15 is 0 Å². The molecule has 21 heavy (non-hydrogen) atoms. The summed E-state index contributed by atoms with van der Waals surface area (Å²) < 4.78 is 5.27. The molecule has 2 atom stereocenters. The van der Waals surface area contributed by atoms with Crippen LogP contribution in [0.2, 0.25) is 0 Å². The van der Waals surface area contributed by atoms with Crippen molar-refractivity contribution in [2.45, 2.75) is 0 Å². The number of rotatable bonds is 3. The van der Waals surface area contributed by atoms with Gasteiger partial charge < -0.3 is 20.1 Å². The summed E-state index contributed by atoms with van der Waals surface area (Å²) >= 11 is 0. The van der Waals surface area contributed by atoms with Gasteiger partial charge in [0.25, 0.3) is 0 Å². The zero-order valence-corrected chi connectivity index (χ0v) is 13.8. The summed E-state index contributed by atoms with van der Waals surface area (Å²) in [5.41, 5.74) is -0.0225. The third-order valence-corrected chi connectivity index (χ3v) is 4.79. The highest BCUT2D eigenvalue weighted by Crippen LogP contribution is 2.38. The number of likely N-dealkylation sites (tertiary alicyclic amines) is 1. The molecule has 3 aliphatic rings. The minimum Gasteiger partial charge on any atom is -0.396 e. The van der Waals surface area contributed by atoms with Crippen LogP contribution < -0.4 is 5.32 Å². The minimum atomic E-state index is -0.0225. The van der Waals surface area contributed by atoms with Gasteiger partial charge >= 0.3 is 0 Å². The first-order valence-corrected chi connectivity index (χ1v) is 7.13. The molecule has 2 unspecified atom stereocenters. The van der Waals surface area contributed by atoms with Crippen LogP contribution >= 0.6 is 24.8 Å². The van der Waals surface area contributed by atoms with E-state index < -0.39 is 0 Å². The predicted octanol–water partition coefficient (Wildman–Crippen LogP) is -0.797. The highest BCUT2D eigenvalue weighted by Gasteiger charge is 2.49. The molecule has 8 heteroatoms. The van der Waals surface area contributed by atoms with Crippen molar-refractivity contribution in [1.29, 1.82) is 0 Å². The lowest BCUT2D eigenvalue weighted by molar-refractivity contribution is -0.136. The number of carbonyl (C=O) groups is 1. The standard InChI is InChI=1S/C13H23N3O3.2ClH/c17-10-13-8-14-5-11(13)6-15(9-13)7-12(18)16-1-3-19-4-2-16;;/h11,14,17H,1-10H2;2*1H. The van der Waals surface area contributed by atoms with Crippen LogP contribution in [0.25, 0.3) is 0 Å². The second-order valence-electron chi connectivity index (χ2n) is 6.01. The summed E-state index contributed by atoms with van der Waals surface area (Å²) in [5, 5.41) is 13.0. The van der Waals surface area contributed by atoms with Gasteiger partial charge in [0.2, 0.25) is 5.91 Å². The molecule has 3 heterocycles. The number of nitrogens with one attached hydrogen (secondary N) is 1. The summed E-state index contributed by atoms with van der Waals surface area (Å²) in [6.45, 7) is 7.01. The van der Waals surface area contributed by atoms with Crippen molar-refractivity contribution in [3.05, 3.63) is 0 Å². The molecule has 3 aliphatic heterocycles. The Morgan fingerprint density at radius 1 is 1.33 bits per heavy atom. The van der Waals surface area contributed by atoms with Crippen LogP contribution in [0.4, 0.5) is 0 Å². The lowest BCUT2D eigenvalue weighted by Gasteiger charge is -2.29. The van der Waals surface area contributed by atoms with Crippen LogP contribution in [0.3, 0.4) is 0 Å². The monoisotopic (exact) mass is 341 g/mol. The van der Waals surface area contributed by atoms with Gasteiger partial charge in [-0.15, -0.1) is 24.8 Å². The molecule has 1 amide bonds. The van der Waals surface area contributed by atoms with Crippen molar-refractivity contribution in [3.8, 4) is 0 Å². The summed E-state index contributed by atoms with van der Waals surface area (Å²) in [7, 11) is 0. The second kappa shape index (κ2) is 7.94. The van der Waals surface area contributed by atoms with Crippen molar-refractivity contribution in [1.82, 2.24) is 15.1 Å². The molecule has 2 N–H and O–H groups in total. The molecule has 124 valence electrons. The maximum Gasteiger partial charge on any atom is 0.236 e. The van der Waals surface area contributed by atoms with Crippen molar-refractivity contribution >= 4 is 30.7 Å². The lowest BCUT2D eigenvalue weighted by Crippen LogP contribution is -2.46. The zero-order valence-electron chi connectivity index (χ0n) is 12.1. The van der Waals surface area contributed by atoms with Crippen molar-refractivity contribution in [2.75, 3.05) is 65.6 Å². The fraction of sp³-hybridized carbons (Fsp3) is 0.923. The number of morpholine rings is 1. The van der Waals surface area contributed by atoms with Gasteiger partial charge in [-0.1, -0.05) is 0 Å². The maximum atomic E-state index is 12.2. The first-order chi connectivity index (χ1) is 9.23. The Kier molecular flexibility index (Phi) is 7.16. The molecule has 3 fully saturated rings. The molecule has 0 spiro atoms. The van der Waals surface area contributed by atoms with Crippen LogP contribution in [0, 0.1) is 11.3 Å². The fourth-order valence-corrected chi connectivity index (χ4v) is 3.58. The maximum absolute atomic E-state index is 12.2. The van der Waals surface area contributed by atoms with Gasteiger partial charge in [0, 0.05) is 38.1 Å². The average Bonchev–Trinajstić information content (AvgIpc) is 2.96. The van der Waals surface area contributed by atoms with E-state index in [2.05, 4.69) is 10.2 Å². The van der Waals surface area contributed by atoms with Crippen LogP contribution in [-0.4, -0.2) is 86.4 Å². The third kappa shape index (κ3) is 3.81. The molecule has 0 aromatic rings. The number of amides is 1. The van der Waals surface area contributed by atoms with E-state index in [4.69, 9.17) is 4.74 Å². The number of fused-ring (bicyclic) bond motifs is 1. The Hall–Kier alpha value is -0.110. The van der Waals surface area contributed by atoms with E-state index in [1.54, 1.807) is 0 Å². The van der Waals surface area contributed by atoms with E-state index in [0.717, 1.165) is 26.2 Å². The van der Waals surface area contributed by atoms with Crippen molar-refractivity contribution in [2.24, 2.45) is 11.3 Å². The van der Waals surface area contributed by atoms with Gasteiger partial charge in [-0.05, 0) is 12.5 Å². The Labute approximate surface area is 138 Å². The van der Waals surface area contributed by atoms with Gasteiger partial charge in [0.15, 0.2) is 0 Å². The second-order valence-corrected chi connectivity index (χ2v) is 6.01. The topological polar surface area (TPSA) is 65.0 Å². The molecule has 0 aromatic carbocycles. The molecule has 3 rings (SSSR count). The first kappa shape index (κ1) is 18.9. The Balaban J connectivity index is 0.00000110. The Bertz CT molecular complexity index is 356. The molecule has 0 aliphatic carbocycles. The minimum absolute atomic E-state index is 0. The number of ether oxygens (including phenoxy) is 1. The number of carbonyl (C=O) groups excluding carboxylic acids is 1. The quantitative estimate of drug-likeness (QED) is 0.703. The van der Waals surface area contributed by atoms with Gasteiger partial charge in [-0.25, -0.2) is 0 Å². The highest BCUT2D eigenvalue weighted by molar-refractivity contribution is 5.85. The van der Waals surface area contributed by atoms with E-state index in [9.17, 15) is 9.90 Å². The van der Waals surface area contributed by atoms with Crippen molar-refractivity contribution < 1.29 is 14.6 Å². The van der Waals surface area contributed by atoms with Crippen LogP contribution in [-0.2, 0) is 9.53 Å². The van der Waals surface area contributed by atoms with E-state index in [0.29, 0.717) is 38.8 Å². The number of nitrogens with zero attached hydrogens (tertiary/aromatic N) is 2. The van der Waals surface area contributed by atoms with Gasteiger partial charge in [0.05, 0.1) is 26.4 Å². The SMILES string of the molecule is Cl.Cl.O=C(CN1CC2CNCC2(CO)C1)N1CCOCC1. The molecular formula is C13H25Cl2N3O3. The molecule has 0 saturated carbocycles. The number of hydrogen-bond donors (Lipinski definition) is 2. The smallest absolute Gasteiger partial charge is 0.236 e. The van der Waals surface area contributed by atoms with Crippen LogP contribution in [0.1, 0.15) is 0 Å². The fourth-order valence-electron chi connectivity index (χ4n) is 3.58.